The van der Waals surface area contributed by atoms with Gasteiger partial charge in [0.05, 0.1) is 17.9 Å². The summed E-state index contributed by atoms with van der Waals surface area (Å²) in [5.41, 5.74) is 0.771. The van der Waals surface area contributed by atoms with Crippen molar-refractivity contribution in [3.8, 4) is 0 Å². The van der Waals surface area contributed by atoms with Crippen LogP contribution < -0.4 is 15.5 Å². The van der Waals surface area contributed by atoms with Crippen LogP contribution in [0.1, 0.15) is 26.2 Å². The Hall–Kier alpha value is -2.05. The maximum Gasteiger partial charge on any atom is 0.315 e. The van der Waals surface area contributed by atoms with E-state index < -0.39 is 0 Å². The molecular weight excluding hydrogens is 258 g/mol. The fourth-order valence-electron chi connectivity index (χ4n) is 2.22. The summed E-state index contributed by atoms with van der Waals surface area (Å²) in [6.45, 7) is 3.22. The van der Waals surface area contributed by atoms with E-state index in [1.807, 2.05) is 0 Å². The summed E-state index contributed by atoms with van der Waals surface area (Å²) in [4.78, 5) is 25.3. The molecule has 110 valence electrons. The molecule has 0 aromatic carbocycles. The monoisotopic (exact) mass is 279 g/mol. The van der Waals surface area contributed by atoms with Crippen molar-refractivity contribution in [3.63, 3.8) is 0 Å². The maximum absolute atomic E-state index is 12.0. The molecule has 1 aromatic rings. The molecule has 1 aliphatic heterocycles. The third-order valence-corrected chi connectivity index (χ3v) is 3.28. The van der Waals surface area contributed by atoms with Crippen LogP contribution in [0.5, 0.6) is 0 Å². The number of anilines is 1. The first kappa shape index (κ1) is 14.4. The number of carbonyl (C=O) groups excluding carboxylic acids is 2. The molecule has 1 aliphatic rings. The van der Waals surface area contributed by atoms with E-state index in [9.17, 15) is 9.59 Å². The van der Waals surface area contributed by atoms with Gasteiger partial charge in [-0.15, -0.1) is 0 Å². The number of hydrogen-bond donors (Lipinski definition) is 2. The van der Waals surface area contributed by atoms with Gasteiger partial charge in [-0.2, -0.15) is 5.10 Å². The molecule has 1 saturated heterocycles. The Balaban J connectivity index is 1.84. The standard InChI is InChI=1S/C13H21N5O2/c1-3-4-5-14-13(20)16-10-6-12(19)18(8-10)11-7-15-17(2)9-11/h7,9-10H,3-6,8H2,1-2H3,(H2,14,16,20). The third-order valence-electron chi connectivity index (χ3n) is 3.28. The Kier molecular flexibility index (Phi) is 4.60. The van der Waals surface area contributed by atoms with Crippen molar-refractivity contribution < 1.29 is 9.59 Å². The van der Waals surface area contributed by atoms with E-state index in [1.165, 1.54) is 0 Å². The minimum Gasteiger partial charge on any atom is -0.338 e. The van der Waals surface area contributed by atoms with Crippen LogP contribution >= 0.6 is 0 Å². The third kappa shape index (κ3) is 3.49. The number of aryl methyl sites for hydroxylation is 1. The first-order valence-corrected chi connectivity index (χ1v) is 6.93. The summed E-state index contributed by atoms with van der Waals surface area (Å²) in [5, 5.41) is 9.68. The number of aromatic nitrogens is 2. The zero-order valence-electron chi connectivity index (χ0n) is 11.9. The van der Waals surface area contributed by atoms with Gasteiger partial charge in [-0.1, -0.05) is 13.3 Å². The SMILES string of the molecule is CCCCNC(=O)NC1CC(=O)N(c2cnn(C)c2)C1. The van der Waals surface area contributed by atoms with Gasteiger partial charge in [-0.05, 0) is 6.42 Å². The average molecular weight is 279 g/mol. The first-order chi connectivity index (χ1) is 9.60. The van der Waals surface area contributed by atoms with E-state index in [4.69, 9.17) is 0 Å². The predicted octanol–water partition coefficient (Wildman–Crippen LogP) is 0.625. The Labute approximate surface area is 118 Å². The second-order valence-corrected chi connectivity index (χ2v) is 5.03. The van der Waals surface area contributed by atoms with Gasteiger partial charge in [0.2, 0.25) is 5.91 Å². The molecule has 0 saturated carbocycles. The molecule has 7 nitrogen and oxygen atoms in total. The molecule has 2 rings (SSSR count). The van der Waals surface area contributed by atoms with Crippen LogP contribution in [0.2, 0.25) is 0 Å². The van der Waals surface area contributed by atoms with Crippen LogP contribution in [-0.2, 0) is 11.8 Å². The van der Waals surface area contributed by atoms with E-state index in [0.717, 1.165) is 18.5 Å². The number of amides is 3. The van der Waals surface area contributed by atoms with E-state index in [0.29, 0.717) is 19.5 Å². The number of nitrogens with zero attached hydrogens (tertiary/aromatic N) is 3. The maximum atomic E-state index is 12.0. The van der Waals surface area contributed by atoms with Crippen molar-refractivity contribution in [1.82, 2.24) is 20.4 Å². The van der Waals surface area contributed by atoms with Crippen LogP contribution in [0.15, 0.2) is 12.4 Å². The molecule has 0 bridgehead atoms. The van der Waals surface area contributed by atoms with Gasteiger partial charge in [0.15, 0.2) is 0 Å². The molecule has 1 fully saturated rings. The highest BCUT2D eigenvalue weighted by atomic mass is 16.2. The highest BCUT2D eigenvalue weighted by molar-refractivity contribution is 5.96. The van der Waals surface area contributed by atoms with Gasteiger partial charge in [0.1, 0.15) is 0 Å². The summed E-state index contributed by atoms with van der Waals surface area (Å²) < 4.78 is 1.65. The minimum absolute atomic E-state index is 0.0110. The molecule has 2 N–H and O–H groups in total. The largest absolute Gasteiger partial charge is 0.338 e. The Morgan fingerprint density at radius 3 is 3.00 bits per heavy atom. The molecule has 0 spiro atoms. The lowest BCUT2D eigenvalue weighted by Gasteiger charge is -2.15. The lowest BCUT2D eigenvalue weighted by molar-refractivity contribution is -0.117. The quantitative estimate of drug-likeness (QED) is 0.776. The summed E-state index contributed by atoms with van der Waals surface area (Å²) in [6, 6.07) is -0.353. The van der Waals surface area contributed by atoms with Gasteiger partial charge in [0, 0.05) is 32.8 Å². The topological polar surface area (TPSA) is 79.3 Å². The number of unbranched alkanes of at least 4 members (excludes halogenated alkanes) is 1. The fourth-order valence-corrected chi connectivity index (χ4v) is 2.22. The number of nitrogens with one attached hydrogen (secondary N) is 2. The number of hydrogen-bond acceptors (Lipinski definition) is 3. The summed E-state index contributed by atoms with van der Waals surface area (Å²) in [6.07, 6.45) is 5.77. The summed E-state index contributed by atoms with van der Waals surface area (Å²) >= 11 is 0. The summed E-state index contributed by atoms with van der Waals surface area (Å²) in [7, 11) is 1.81. The van der Waals surface area contributed by atoms with Gasteiger partial charge >= 0.3 is 6.03 Å². The molecule has 0 aliphatic carbocycles. The molecular formula is C13H21N5O2. The van der Waals surface area contributed by atoms with E-state index in [-0.39, 0.29) is 18.0 Å². The van der Waals surface area contributed by atoms with Crippen LogP contribution in [0.4, 0.5) is 10.5 Å². The smallest absolute Gasteiger partial charge is 0.315 e. The van der Waals surface area contributed by atoms with Gasteiger partial charge < -0.3 is 15.5 Å². The molecule has 0 radical (unpaired) electrons. The lowest BCUT2D eigenvalue weighted by atomic mass is 10.2. The minimum atomic E-state index is -0.204. The molecule has 2 heterocycles. The second kappa shape index (κ2) is 6.40. The van der Waals surface area contributed by atoms with E-state index >= 15 is 0 Å². The van der Waals surface area contributed by atoms with Crippen molar-refractivity contribution in [3.05, 3.63) is 12.4 Å². The number of rotatable bonds is 5. The zero-order valence-corrected chi connectivity index (χ0v) is 11.9. The average Bonchev–Trinajstić information content (AvgIpc) is 2.96. The highest BCUT2D eigenvalue weighted by Gasteiger charge is 2.32. The van der Waals surface area contributed by atoms with Gasteiger partial charge in [0.25, 0.3) is 0 Å². The van der Waals surface area contributed by atoms with E-state index in [2.05, 4.69) is 22.7 Å². The molecule has 1 aromatic heterocycles. The zero-order chi connectivity index (χ0) is 14.5. The van der Waals surface area contributed by atoms with Crippen molar-refractivity contribution in [1.29, 1.82) is 0 Å². The van der Waals surface area contributed by atoms with Gasteiger partial charge in [-0.3, -0.25) is 9.48 Å². The Morgan fingerprint density at radius 2 is 2.35 bits per heavy atom. The Bertz CT molecular complexity index is 485. The summed E-state index contributed by atoms with van der Waals surface area (Å²) in [5.74, 6) is 0.0110. The van der Waals surface area contributed by atoms with Crippen molar-refractivity contribution in [2.75, 3.05) is 18.0 Å². The van der Waals surface area contributed by atoms with Crippen LogP contribution in [0.3, 0.4) is 0 Å². The second-order valence-electron chi connectivity index (χ2n) is 5.03. The predicted molar refractivity (Wildman–Crippen MR) is 75.4 cm³/mol. The number of urea groups is 1. The molecule has 20 heavy (non-hydrogen) atoms. The van der Waals surface area contributed by atoms with Gasteiger partial charge in [-0.25, -0.2) is 4.79 Å². The van der Waals surface area contributed by atoms with Crippen LogP contribution in [0.25, 0.3) is 0 Å². The molecule has 1 unspecified atom stereocenters. The number of carbonyl (C=O) groups is 2. The molecule has 1 atom stereocenters. The lowest BCUT2D eigenvalue weighted by Crippen LogP contribution is -2.43. The normalized spacial score (nSPS) is 18.4. The molecule has 3 amide bonds. The molecule has 7 heteroatoms. The van der Waals surface area contributed by atoms with Crippen LogP contribution in [0, 0.1) is 0 Å². The fraction of sp³-hybridized carbons (Fsp3) is 0.615. The highest BCUT2D eigenvalue weighted by Crippen LogP contribution is 2.20. The Morgan fingerprint density at radius 1 is 1.55 bits per heavy atom. The van der Waals surface area contributed by atoms with E-state index in [1.54, 1.807) is 29.0 Å². The van der Waals surface area contributed by atoms with Crippen LogP contribution in [-0.4, -0.2) is 40.9 Å². The van der Waals surface area contributed by atoms with Crippen molar-refractivity contribution in [2.24, 2.45) is 7.05 Å². The van der Waals surface area contributed by atoms with Crippen molar-refractivity contribution >= 4 is 17.6 Å². The van der Waals surface area contributed by atoms with Crippen molar-refractivity contribution in [2.45, 2.75) is 32.2 Å². The first-order valence-electron chi connectivity index (χ1n) is 6.93.